The molecule has 2 aromatic carbocycles. The average molecular weight is 395 g/mol. The Morgan fingerprint density at radius 1 is 1.04 bits per heavy atom. The molecular weight excluding hydrogens is 374 g/mol. The summed E-state index contributed by atoms with van der Waals surface area (Å²) < 4.78 is 4.65. The van der Waals surface area contributed by atoms with Crippen molar-refractivity contribution in [2.45, 2.75) is 19.8 Å². The first-order valence-electron chi connectivity index (χ1n) is 8.86. The second-order valence-corrected chi connectivity index (χ2v) is 6.97. The van der Waals surface area contributed by atoms with Gasteiger partial charge in [0.1, 0.15) is 0 Å². The van der Waals surface area contributed by atoms with Crippen molar-refractivity contribution in [2.24, 2.45) is 0 Å². The van der Waals surface area contributed by atoms with E-state index >= 15 is 0 Å². The number of thiazole rings is 1. The third kappa shape index (κ3) is 5.17. The lowest BCUT2D eigenvalue weighted by Crippen LogP contribution is -2.14. The Bertz CT molecular complexity index is 950. The minimum atomic E-state index is -0.412. The van der Waals surface area contributed by atoms with E-state index in [4.69, 9.17) is 0 Å². The van der Waals surface area contributed by atoms with Crippen LogP contribution in [0.2, 0.25) is 0 Å². The van der Waals surface area contributed by atoms with E-state index in [0.29, 0.717) is 16.9 Å². The molecule has 1 amide bonds. The van der Waals surface area contributed by atoms with Gasteiger partial charge in [-0.25, -0.2) is 9.78 Å². The summed E-state index contributed by atoms with van der Waals surface area (Å²) in [6, 6.07) is 14.7. The van der Waals surface area contributed by atoms with E-state index in [1.54, 1.807) is 24.3 Å². The standard InChI is InChI=1S/C21H21N3O3S/c1-3-14-4-8-17(9-5-14)23-21-24-18(13-28-21)12-19(25)22-16-10-6-15(7-11-16)20(26)27-2/h4-11,13H,3,12H2,1-2H3,(H,22,25)(H,23,24). The van der Waals surface area contributed by atoms with E-state index in [9.17, 15) is 9.59 Å². The van der Waals surface area contributed by atoms with Crippen LogP contribution in [0.25, 0.3) is 0 Å². The van der Waals surface area contributed by atoms with Crippen LogP contribution in [0, 0.1) is 0 Å². The molecular formula is C21H21N3O3S. The maximum absolute atomic E-state index is 12.2. The zero-order chi connectivity index (χ0) is 19.9. The van der Waals surface area contributed by atoms with Crippen molar-refractivity contribution in [3.63, 3.8) is 0 Å². The number of hydrogen-bond donors (Lipinski definition) is 2. The maximum atomic E-state index is 12.2. The molecule has 1 aromatic heterocycles. The van der Waals surface area contributed by atoms with Gasteiger partial charge in [0.15, 0.2) is 5.13 Å². The number of carbonyl (C=O) groups excluding carboxylic acids is 2. The predicted octanol–water partition coefficient (Wildman–Crippen LogP) is 4.42. The van der Waals surface area contributed by atoms with Crippen LogP contribution >= 0.6 is 11.3 Å². The fourth-order valence-electron chi connectivity index (χ4n) is 2.57. The van der Waals surface area contributed by atoms with Gasteiger partial charge in [0.2, 0.25) is 5.91 Å². The number of amides is 1. The third-order valence-electron chi connectivity index (χ3n) is 4.10. The summed E-state index contributed by atoms with van der Waals surface area (Å²) in [5.41, 5.74) is 3.99. The highest BCUT2D eigenvalue weighted by atomic mass is 32.1. The Balaban J connectivity index is 1.55. The number of ether oxygens (including phenoxy) is 1. The Morgan fingerprint density at radius 2 is 1.71 bits per heavy atom. The predicted molar refractivity (Wildman–Crippen MR) is 111 cm³/mol. The number of aromatic nitrogens is 1. The van der Waals surface area contributed by atoms with Gasteiger partial charge >= 0.3 is 5.97 Å². The van der Waals surface area contributed by atoms with Gasteiger partial charge in [-0.05, 0) is 48.4 Å². The molecule has 0 bridgehead atoms. The fourth-order valence-corrected chi connectivity index (χ4v) is 3.30. The van der Waals surface area contributed by atoms with Gasteiger partial charge in [-0.2, -0.15) is 0 Å². The lowest BCUT2D eigenvalue weighted by atomic mass is 10.1. The van der Waals surface area contributed by atoms with E-state index in [2.05, 4.69) is 39.4 Å². The van der Waals surface area contributed by atoms with Crippen molar-refractivity contribution >= 4 is 39.7 Å². The highest BCUT2D eigenvalue weighted by Gasteiger charge is 2.10. The molecule has 2 N–H and O–H groups in total. The lowest BCUT2D eigenvalue weighted by Gasteiger charge is -2.05. The summed E-state index contributed by atoms with van der Waals surface area (Å²) in [7, 11) is 1.33. The topological polar surface area (TPSA) is 80.3 Å². The van der Waals surface area contributed by atoms with Crippen LogP contribution in [0.15, 0.2) is 53.9 Å². The maximum Gasteiger partial charge on any atom is 0.337 e. The van der Waals surface area contributed by atoms with Gasteiger partial charge in [-0.1, -0.05) is 19.1 Å². The van der Waals surface area contributed by atoms with Gasteiger partial charge in [0, 0.05) is 16.8 Å². The first-order valence-corrected chi connectivity index (χ1v) is 9.74. The van der Waals surface area contributed by atoms with Gasteiger partial charge in [-0.15, -0.1) is 11.3 Å². The summed E-state index contributed by atoms with van der Waals surface area (Å²) in [5.74, 6) is -0.584. The molecule has 3 rings (SSSR count). The largest absolute Gasteiger partial charge is 0.465 e. The first kappa shape index (κ1) is 19.6. The lowest BCUT2D eigenvalue weighted by molar-refractivity contribution is -0.115. The zero-order valence-electron chi connectivity index (χ0n) is 15.7. The van der Waals surface area contributed by atoms with Crippen molar-refractivity contribution in [2.75, 3.05) is 17.7 Å². The summed E-state index contributed by atoms with van der Waals surface area (Å²) >= 11 is 1.46. The van der Waals surface area contributed by atoms with Crippen molar-refractivity contribution < 1.29 is 14.3 Å². The quantitative estimate of drug-likeness (QED) is 0.579. The number of nitrogens with zero attached hydrogens (tertiary/aromatic N) is 1. The molecule has 3 aromatic rings. The molecule has 0 saturated carbocycles. The Morgan fingerprint density at radius 3 is 2.36 bits per heavy atom. The number of methoxy groups -OCH3 is 1. The molecule has 0 aliphatic rings. The summed E-state index contributed by atoms with van der Waals surface area (Å²) in [4.78, 5) is 28.1. The molecule has 0 aliphatic carbocycles. The van der Waals surface area contributed by atoms with Crippen LogP contribution < -0.4 is 10.6 Å². The van der Waals surface area contributed by atoms with Crippen LogP contribution in [0.3, 0.4) is 0 Å². The average Bonchev–Trinajstić information content (AvgIpc) is 3.15. The molecule has 0 fully saturated rings. The van der Waals surface area contributed by atoms with Crippen LogP contribution in [-0.2, 0) is 22.4 Å². The Labute approximate surface area is 167 Å². The van der Waals surface area contributed by atoms with E-state index < -0.39 is 5.97 Å². The molecule has 0 spiro atoms. The molecule has 0 atom stereocenters. The minimum Gasteiger partial charge on any atom is -0.465 e. The smallest absolute Gasteiger partial charge is 0.337 e. The monoisotopic (exact) mass is 395 g/mol. The molecule has 0 radical (unpaired) electrons. The molecule has 0 unspecified atom stereocenters. The van der Waals surface area contributed by atoms with E-state index in [-0.39, 0.29) is 12.3 Å². The first-order chi connectivity index (χ1) is 13.6. The van der Waals surface area contributed by atoms with Crippen LogP contribution in [0.4, 0.5) is 16.5 Å². The second-order valence-electron chi connectivity index (χ2n) is 6.11. The Kier molecular flexibility index (Phi) is 6.39. The molecule has 144 valence electrons. The summed E-state index contributed by atoms with van der Waals surface area (Å²) in [5, 5.41) is 8.66. The van der Waals surface area contributed by atoms with Gasteiger partial charge in [0.25, 0.3) is 0 Å². The van der Waals surface area contributed by atoms with Crippen molar-refractivity contribution in [1.82, 2.24) is 4.98 Å². The van der Waals surface area contributed by atoms with Gasteiger partial charge < -0.3 is 15.4 Å². The number of hydrogen-bond acceptors (Lipinski definition) is 6. The molecule has 0 aliphatic heterocycles. The SMILES string of the molecule is CCc1ccc(Nc2nc(CC(=O)Nc3ccc(C(=O)OC)cc3)cs2)cc1. The fraction of sp³-hybridized carbons (Fsp3) is 0.190. The third-order valence-corrected chi connectivity index (χ3v) is 4.90. The summed E-state index contributed by atoms with van der Waals surface area (Å²) in [6.07, 6.45) is 1.17. The Hall–Kier alpha value is -3.19. The molecule has 7 heteroatoms. The molecule has 28 heavy (non-hydrogen) atoms. The number of rotatable bonds is 7. The number of benzene rings is 2. The number of esters is 1. The van der Waals surface area contributed by atoms with Gasteiger partial charge in [0.05, 0.1) is 24.8 Å². The van der Waals surface area contributed by atoms with Crippen molar-refractivity contribution in [3.8, 4) is 0 Å². The second kappa shape index (κ2) is 9.14. The molecule has 1 heterocycles. The number of anilines is 3. The number of aryl methyl sites for hydroxylation is 1. The van der Waals surface area contributed by atoms with E-state index in [1.165, 1.54) is 24.0 Å². The van der Waals surface area contributed by atoms with Crippen molar-refractivity contribution in [3.05, 3.63) is 70.7 Å². The summed E-state index contributed by atoms with van der Waals surface area (Å²) in [6.45, 7) is 2.12. The highest BCUT2D eigenvalue weighted by Crippen LogP contribution is 2.22. The normalized spacial score (nSPS) is 10.4. The number of carbonyl (C=O) groups is 2. The van der Waals surface area contributed by atoms with E-state index in [0.717, 1.165) is 17.2 Å². The highest BCUT2D eigenvalue weighted by molar-refractivity contribution is 7.13. The van der Waals surface area contributed by atoms with Crippen molar-refractivity contribution in [1.29, 1.82) is 0 Å². The molecule has 0 saturated heterocycles. The molecule has 6 nitrogen and oxygen atoms in total. The van der Waals surface area contributed by atoms with Crippen LogP contribution in [-0.4, -0.2) is 24.0 Å². The zero-order valence-corrected chi connectivity index (χ0v) is 16.5. The number of nitrogens with one attached hydrogen (secondary N) is 2. The van der Waals surface area contributed by atoms with E-state index in [1.807, 2.05) is 17.5 Å². The minimum absolute atomic E-state index is 0.171. The van der Waals surface area contributed by atoms with Crippen LogP contribution in [0.1, 0.15) is 28.5 Å². The van der Waals surface area contributed by atoms with Gasteiger partial charge in [-0.3, -0.25) is 4.79 Å². The van der Waals surface area contributed by atoms with Crippen LogP contribution in [0.5, 0.6) is 0 Å².